The number of nitrogens with one attached hydrogen (secondary N) is 2. The number of pyridine rings is 1. The van der Waals surface area contributed by atoms with Crippen LogP contribution < -0.4 is 5.32 Å². The van der Waals surface area contributed by atoms with Gasteiger partial charge in [0.05, 0.1) is 6.20 Å². The first-order valence-corrected chi connectivity index (χ1v) is 7.91. The minimum absolute atomic E-state index is 0.253. The highest BCUT2D eigenvalue weighted by molar-refractivity contribution is 5.62. The summed E-state index contributed by atoms with van der Waals surface area (Å²) in [5.74, 6) is 0. The fourth-order valence-corrected chi connectivity index (χ4v) is 2.87. The van der Waals surface area contributed by atoms with Crippen LogP contribution in [0.1, 0.15) is 42.8 Å². The van der Waals surface area contributed by atoms with Gasteiger partial charge in [-0.25, -0.2) is 0 Å². The Morgan fingerprint density at radius 2 is 1.57 bits per heavy atom. The lowest BCUT2D eigenvalue weighted by Gasteiger charge is -2.20. The molecule has 0 radical (unpaired) electrons. The number of benzene rings is 1. The Labute approximate surface area is 137 Å². The Hall–Kier alpha value is -2.46. The molecule has 1 aromatic carbocycles. The van der Waals surface area contributed by atoms with Crippen molar-refractivity contribution in [2.75, 3.05) is 0 Å². The smallest absolute Gasteiger partial charge is 0.0537 e. The normalized spacial score (nSPS) is 13.7. The summed E-state index contributed by atoms with van der Waals surface area (Å²) in [5, 5.41) is 10.7. The molecule has 0 amide bonds. The zero-order chi connectivity index (χ0) is 16.2. The number of aryl methyl sites for hydroxylation is 1. The molecule has 2 N–H and O–H groups in total. The van der Waals surface area contributed by atoms with Crippen molar-refractivity contribution in [2.45, 2.75) is 32.9 Å². The quantitative estimate of drug-likeness (QED) is 0.743. The van der Waals surface area contributed by atoms with Crippen molar-refractivity contribution in [3.05, 3.63) is 71.8 Å². The minimum Gasteiger partial charge on any atom is -0.304 e. The molecule has 2 aromatic heterocycles. The fraction of sp³-hybridized carbons (Fsp3) is 0.263. The summed E-state index contributed by atoms with van der Waals surface area (Å²) in [6, 6.07) is 13.3. The van der Waals surface area contributed by atoms with Crippen molar-refractivity contribution >= 4 is 0 Å². The lowest BCUT2D eigenvalue weighted by Crippen LogP contribution is -2.22. The van der Waals surface area contributed by atoms with Gasteiger partial charge in [-0.1, -0.05) is 24.3 Å². The standard InChI is InChI=1S/C19H22N4/c1-13(22-14(2)19-12-21-23-15(19)3)16-4-6-17(7-5-16)18-8-10-20-11-9-18/h4-14,22H,1-3H3,(H,21,23). The van der Waals surface area contributed by atoms with Gasteiger partial charge < -0.3 is 5.32 Å². The van der Waals surface area contributed by atoms with E-state index in [2.05, 4.69) is 65.5 Å². The molecule has 23 heavy (non-hydrogen) atoms. The summed E-state index contributed by atoms with van der Waals surface area (Å²) in [7, 11) is 0. The van der Waals surface area contributed by atoms with E-state index in [1.54, 1.807) is 0 Å². The Kier molecular flexibility index (Phi) is 4.53. The topological polar surface area (TPSA) is 53.6 Å². The summed E-state index contributed by atoms with van der Waals surface area (Å²) in [6.45, 7) is 6.40. The maximum Gasteiger partial charge on any atom is 0.0537 e. The van der Waals surface area contributed by atoms with Gasteiger partial charge in [-0.2, -0.15) is 5.10 Å². The van der Waals surface area contributed by atoms with E-state index in [4.69, 9.17) is 0 Å². The predicted molar refractivity (Wildman–Crippen MR) is 93.0 cm³/mol. The van der Waals surface area contributed by atoms with Crippen molar-refractivity contribution in [1.29, 1.82) is 0 Å². The highest BCUT2D eigenvalue weighted by atomic mass is 15.1. The third-order valence-corrected chi connectivity index (χ3v) is 4.26. The van der Waals surface area contributed by atoms with Crippen LogP contribution in [0.4, 0.5) is 0 Å². The van der Waals surface area contributed by atoms with Crippen LogP contribution >= 0.6 is 0 Å². The molecule has 2 heterocycles. The third kappa shape index (κ3) is 3.48. The molecular weight excluding hydrogens is 284 g/mol. The van der Waals surface area contributed by atoms with Crippen LogP contribution in [-0.4, -0.2) is 15.2 Å². The van der Waals surface area contributed by atoms with Gasteiger partial charge in [0.15, 0.2) is 0 Å². The van der Waals surface area contributed by atoms with Gasteiger partial charge in [-0.15, -0.1) is 0 Å². The van der Waals surface area contributed by atoms with E-state index in [0.717, 1.165) is 5.69 Å². The van der Waals surface area contributed by atoms with E-state index >= 15 is 0 Å². The zero-order valence-electron chi connectivity index (χ0n) is 13.7. The molecule has 4 nitrogen and oxygen atoms in total. The SMILES string of the molecule is Cc1[nH]ncc1C(C)NC(C)c1ccc(-c2ccncc2)cc1. The molecule has 0 aliphatic carbocycles. The summed E-state index contributed by atoms with van der Waals surface area (Å²) in [5.41, 5.74) is 6.00. The maximum absolute atomic E-state index is 4.10. The summed E-state index contributed by atoms with van der Waals surface area (Å²) in [6.07, 6.45) is 5.54. The van der Waals surface area contributed by atoms with Crippen molar-refractivity contribution < 1.29 is 0 Å². The number of aromatic amines is 1. The molecule has 3 aromatic rings. The predicted octanol–water partition coefficient (Wildman–Crippen LogP) is 4.19. The monoisotopic (exact) mass is 306 g/mol. The minimum atomic E-state index is 0.253. The molecule has 0 aliphatic rings. The molecule has 4 heteroatoms. The molecule has 0 fully saturated rings. The summed E-state index contributed by atoms with van der Waals surface area (Å²) < 4.78 is 0. The summed E-state index contributed by atoms with van der Waals surface area (Å²) in [4.78, 5) is 4.06. The Balaban J connectivity index is 1.71. The molecule has 0 saturated heterocycles. The van der Waals surface area contributed by atoms with Crippen LogP contribution in [0, 0.1) is 6.92 Å². The van der Waals surface area contributed by atoms with Crippen LogP contribution in [0.2, 0.25) is 0 Å². The van der Waals surface area contributed by atoms with E-state index in [1.807, 2.05) is 30.7 Å². The van der Waals surface area contributed by atoms with Crippen LogP contribution in [0.5, 0.6) is 0 Å². The van der Waals surface area contributed by atoms with Crippen LogP contribution in [-0.2, 0) is 0 Å². The van der Waals surface area contributed by atoms with Gasteiger partial charge in [-0.3, -0.25) is 10.1 Å². The number of hydrogen-bond acceptors (Lipinski definition) is 3. The van der Waals surface area contributed by atoms with Gasteiger partial charge in [0.25, 0.3) is 0 Å². The van der Waals surface area contributed by atoms with Crippen molar-refractivity contribution in [2.24, 2.45) is 0 Å². The fourth-order valence-electron chi connectivity index (χ4n) is 2.87. The van der Waals surface area contributed by atoms with E-state index in [0.29, 0.717) is 0 Å². The molecule has 3 rings (SSSR count). The number of aromatic nitrogens is 3. The first-order chi connectivity index (χ1) is 11.1. The molecule has 0 saturated carbocycles. The summed E-state index contributed by atoms with van der Waals surface area (Å²) >= 11 is 0. The second kappa shape index (κ2) is 6.75. The molecule has 0 aliphatic heterocycles. The van der Waals surface area contributed by atoms with Crippen LogP contribution in [0.15, 0.2) is 55.0 Å². The van der Waals surface area contributed by atoms with Crippen LogP contribution in [0.3, 0.4) is 0 Å². The number of rotatable bonds is 5. The molecule has 0 bridgehead atoms. The van der Waals surface area contributed by atoms with Gasteiger partial charge >= 0.3 is 0 Å². The van der Waals surface area contributed by atoms with Gasteiger partial charge in [-0.05, 0) is 49.6 Å². The molecule has 2 unspecified atom stereocenters. The third-order valence-electron chi connectivity index (χ3n) is 4.26. The molecule has 2 atom stereocenters. The number of H-pyrrole nitrogens is 1. The highest BCUT2D eigenvalue weighted by Gasteiger charge is 2.14. The van der Waals surface area contributed by atoms with E-state index in [-0.39, 0.29) is 12.1 Å². The maximum atomic E-state index is 4.10. The van der Waals surface area contributed by atoms with Crippen LogP contribution in [0.25, 0.3) is 11.1 Å². The lowest BCUT2D eigenvalue weighted by molar-refractivity contribution is 0.493. The van der Waals surface area contributed by atoms with Gasteiger partial charge in [0.2, 0.25) is 0 Å². The van der Waals surface area contributed by atoms with Crippen molar-refractivity contribution in [3.8, 4) is 11.1 Å². The van der Waals surface area contributed by atoms with E-state index in [1.165, 1.54) is 22.3 Å². The second-order valence-corrected chi connectivity index (χ2v) is 5.92. The number of hydrogen-bond donors (Lipinski definition) is 2. The molecule has 118 valence electrons. The van der Waals surface area contributed by atoms with E-state index in [9.17, 15) is 0 Å². The Morgan fingerprint density at radius 1 is 0.913 bits per heavy atom. The Bertz CT molecular complexity index is 747. The first-order valence-electron chi connectivity index (χ1n) is 7.91. The highest BCUT2D eigenvalue weighted by Crippen LogP contribution is 2.24. The first kappa shape index (κ1) is 15.4. The van der Waals surface area contributed by atoms with Crippen molar-refractivity contribution in [3.63, 3.8) is 0 Å². The van der Waals surface area contributed by atoms with Crippen molar-refractivity contribution in [1.82, 2.24) is 20.5 Å². The largest absolute Gasteiger partial charge is 0.304 e. The van der Waals surface area contributed by atoms with E-state index < -0.39 is 0 Å². The average Bonchev–Trinajstić information content (AvgIpc) is 3.02. The number of nitrogens with zero attached hydrogens (tertiary/aromatic N) is 2. The van der Waals surface area contributed by atoms with Gasteiger partial charge in [0, 0.05) is 35.7 Å². The Morgan fingerprint density at radius 3 is 2.17 bits per heavy atom. The van der Waals surface area contributed by atoms with Gasteiger partial charge in [0.1, 0.15) is 0 Å². The zero-order valence-corrected chi connectivity index (χ0v) is 13.7. The lowest BCUT2D eigenvalue weighted by atomic mass is 10.0. The molecular formula is C19H22N4. The molecule has 0 spiro atoms. The second-order valence-electron chi connectivity index (χ2n) is 5.92. The average molecular weight is 306 g/mol.